The normalized spacial score (nSPS) is 25.1. The summed E-state index contributed by atoms with van der Waals surface area (Å²) in [7, 11) is -4.23. The lowest BCUT2D eigenvalue weighted by Crippen LogP contribution is -2.63. The van der Waals surface area contributed by atoms with Gasteiger partial charge in [-0.2, -0.15) is 0 Å². The van der Waals surface area contributed by atoms with Crippen LogP contribution in [0.25, 0.3) is 0 Å². The minimum absolute atomic E-state index is 0.249. The Kier molecular flexibility index (Phi) is 7.36. The number of carbonyl (C=O) groups is 3. The minimum Gasteiger partial charge on any atom is -0.451 e. The molecule has 0 unspecified atom stereocenters. The maximum Gasteiger partial charge on any atom is 0.332 e. The molecular formula is C32H33N3O6S. The molecule has 218 valence electrons. The number of sulfone groups is 1. The van der Waals surface area contributed by atoms with E-state index in [0.717, 1.165) is 17.0 Å². The Balaban J connectivity index is 1.27. The van der Waals surface area contributed by atoms with Crippen LogP contribution in [0.5, 0.6) is 0 Å². The molecule has 3 aromatic carbocycles. The number of fused-ring (bicyclic) bond motifs is 1. The zero-order valence-electron chi connectivity index (χ0n) is 23.3. The van der Waals surface area contributed by atoms with E-state index in [1.807, 2.05) is 91.0 Å². The second-order valence-electron chi connectivity index (χ2n) is 11.2. The van der Waals surface area contributed by atoms with Crippen LogP contribution in [-0.4, -0.2) is 83.2 Å². The molecule has 0 aromatic heterocycles. The molecule has 0 saturated carbocycles. The van der Waals surface area contributed by atoms with Crippen molar-refractivity contribution in [3.05, 3.63) is 108 Å². The van der Waals surface area contributed by atoms with Crippen molar-refractivity contribution in [1.29, 1.82) is 0 Å². The molecule has 3 aliphatic heterocycles. The van der Waals surface area contributed by atoms with Crippen LogP contribution < -0.4 is 0 Å². The average Bonchev–Trinajstić information content (AvgIpc) is 3.16. The van der Waals surface area contributed by atoms with Crippen LogP contribution in [0.1, 0.15) is 36.1 Å². The van der Waals surface area contributed by atoms with Gasteiger partial charge in [0.1, 0.15) is 5.37 Å². The standard InChI is InChI=1S/C32H33N3O6S/c1-32(31(38)34-19-17-33(18-20-34)22-23-11-5-2-6-12-23)29(35-26(36)21-27(35)42(32,39)40)30(37)41-28(24-13-7-3-8-14-24)25-15-9-4-10-16-25/h2-16,27-29H,17-22H2,1H3/t27-,29+,32-/m1/s1. The highest BCUT2D eigenvalue weighted by atomic mass is 32.2. The summed E-state index contributed by atoms with van der Waals surface area (Å²) >= 11 is 0. The Morgan fingerprint density at radius 3 is 1.90 bits per heavy atom. The summed E-state index contributed by atoms with van der Waals surface area (Å²) in [5, 5.41) is -1.22. The summed E-state index contributed by atoms with van der Waals surface area (Å²) in [6.07, 6.45) is -1.10. The smallest absolute Gasteiger partial charge is 0.332 e. The highest BCUT2D eigenvalue weighted by Crippen LogP contribution is 2.48. The molecule has 2 amide bonds. The van der Waals surface area contributed by atoms with Gasteiger partial charge in [0.2, 0.25) is 11.8 Å². The third-order valence-corrected chi connectivity index (χ3v) is 11.4. The zero-order valence-corrected chi connectivity index (χ0v) is 24.2. The molecule has 3 aliphatic rings. The molecule has 9 nitrogen and oxygen atoms in total. The van der Waals surface area contributed by atoms with E-state index in [4.69, 9.17) is 4.74 Å². The summed E-state index contributed by atoms with van der Waals surface area (Å²) in [6, 6.07) is 26.6. The fourth-order valence-electron chi connectivity index (χ4n) is 6.28. The van der Waals surface area contributed by atoms with Crippen molar-refractivity contribution >= 4 is 27.6 Å². The quantitative estimate of drug-likeness (QED) is 0.309. The number of nitrogens with zero attached hydrogens (tertiary/aromatic N) is 3. The summed E-state index contributed by atoms with van der Waals surface area (Å²) in [5.74, 6) is -2.06. The minimum atomic E-state index is -4.23. The van der Waals surface area contributed by atoms with Gasteiger partial charge in [0, 0.05) is 32.7 Å². The van der Waals surface area contributed by atoms with Crippen molar-refractivity contribution < 1.29 is 27.5 Å². The molecule has 0 spiro atoms. The molecule has 0 N–H and O–H groups in total. The number of carbonyl (C=O) groups excluding carboxylic acids is 3. The van der Waals surface area contributed by atoms with Gasteiger partial charge in [0.15, 0.2) is 26.7 Å². The van der Waals surface area contributed by atoms with E-state index < -0.39 is 49.9 Å². The van der Waals surface area contributed by atoms with Crippen LogP contribution in [0.2, 0.25) is 0 Å². The first-order valence-electron chi connectivity index (χ1n) is 14.1. The number of β-lactam (4-membered cyclic amide) rings is 1. The maximum absolute atomic E-state index is 14.2. The van der Waals surface area contributed by atoms with Gasteiger partial charge >= 0.3 is 5.97 Å². The van der Waals surface area contributed by atoms with Crippen LogP contribution in [0.4, 0.5) is 0 Å². The molecule has 42 heavy (non-hydrogen) atoms. The van der Waals surface area contributed by atoms with Gasteiger partial charge in [0.25, 0.3) is 0 Å². The molecule has 0 radical (unpaired) electrons. The topological polar surface area (TPSA) is 104 Å². The summed E-state index contributed by atoms with van der Waals surface area (Å²) in [4.78, 5) is 45.7. The van der Waals surface area contributed by atoms with Gasteiger partial charge in [-0.05, 0) is 23.6 Å². The van der Waals surface area contributed by atoms with E-state index in [1.165, 1.54) is 11.8 Å². The van der Waals surface area contributed by atoms with Crippen molar-refractivity contribution in [2.75, 3.05) is 26.2 Å². The van der Waals surface area contributed by atoms with Crippen molar-refractivity contribution in [2.24, 2.45) is 0 Å². The fraction of sp³-hybridized carbons (Fsp3) is 0.344. The van der Waals surface area contributed by atoms with Gasteiger partial charge < -0.3 is 14.5 Å². The third-order valence-electron chi connectivity index (χ3n) is 8.69. The van der Waals surface area contributed by atoms with Crippen LogP contribution in [-0.2, 0) is 35.5 Å². The Morgan fingerprint density at radius 2 is 1.38 bits per heavy atom. The van der Waals surface area contributed by atoms with Gasteiger partial charge in [-0.25, -0.2) is 13.2 Å². The zero-order chi connectivity index (χ0) is 29.5. The number of rotatable bonds is 7. The lowest BCUT2D eigenvalue weighted by Gasteiger charge is -2.40. The molecule has 3 heterocycles. The lowest BCUT2D eigenvalue weighted by atomic mass is 9.94. The molecule has 6 rings (SSSR count). The van der Waals surface area contributed by atoms with Gasteiger partial charge in [-0.15, -0.1) is 0 Å². The number of ether oxygens (including phenoxy) is 1. The van der Waals surface area contributed by atoms with E-state index in [0.29, 0.717) is 37.3 Å². The first-order valence-corrected chi connectivity index (χ1v) is 15.7. The molecular weight excluding hydrogens is 554 g/mol. The molecule has 3 fully saturated rings. The summed E-state index contributed by atoms with van der Waals surface area (Å²) in [6.45, 7) is 3.75. The predicted molar refractivity (Wildman–Crippen MR) is 155 cm³/mol. The number of amides is 2. The Bertz CT molecular complexity index is 1540. The lowest BCUT2D eigenvalue weighted by molar-refractivity contribution is -0.166. The van der Waals surface area contributed by atoms with Crippen molar-refractivity contribution in [2.45, 2.75) is 42.2 Å². The molecule has 3 atom stereocenters. The first kappa shape index (κ1) is 28.1. The molecule has 0 aliphatic carbocycles. The van der Waals surface area contributed by atoms with E-state index in [9.17, 15) is 22.8 Å². The van der Waals surface area contributed by atoms with Crippen molar-refractivity contribution in [3.8, 4) is 0 Å². The van der Waals surface area contributed by atoms with Crippen LogP contribution in [0.15, 0.2) is 91.0 Å². The third kappa shape index (κ3) is 4.68. The summed E-state index contributed by atoms with van der Waals surface area (Å²) in [5.41, 5.74) is 2.53. The van der Waals surface area contributed by atoms with E-state index in [1.54, 1.807) is 0 Å². The van der Waals surface area contributed by atoms with E-state index in [-0.39, 0.29) is 6.42 Å². The highest BCUT2D eigenvalue weighted by molar-refractivity contribution is 7.94. The molecule has 3 saturated heterocycles. The van der Waals surface area contributed by atoms with Gasteiger partial charge in [-0.1, -0.05) is 91.0 Å². The number of benzene rings is 3. The van der Waals surface area contributed by atoms with Crippen LogP contribution in [0.3, 0.4) is 0 Å². The Labute approximate surface area is 245 Å². The van der Waals surface area contributed by atoms with Crippen molar-refractivity contribution in [1.82, 2.24) is 14.7 Å². The van der Waals surface area contributed by atoms with Crippen LogP contribution in [0, 0.1) is 0 Å². The van der Waals surface area contributed by atoms with Gasteiger partial charge in [-0.3, -0.25) is 14.5 Å². The Hall–Kier alpha value is -4.02. The number of hydrogen-bond donors (Lipinski definition) is 0. The molecule has 10 heteroatoms. The van der Waals surface area contributed by atoms with E-state index >= 15 is 0 Å². The van der Waals surface area contributed by atoms with Gasteiger partial charge in [0.05, 0.1) is 6.42 Å². The molecule has 3 aromatic rings. The molecule has 0 bridgehead atoms. The van der Waals surface area contributed by atoms with Crippen molar-refractivity contribution in [3.63, 3.8) is 0 Å². The second-order valence-corrected chi connectivity index (χ2v) is 13.7. The number of piperazine rings is 1. The number of hydrogen-bond acceptors (Lipinski definition) is 7. The maximum atomic E-state index is 14.2. The summed E-state index contributed by atoms with van der Waals surface area (Å²) < 4.78 is 31.7. The van der Waals surface area contributed by atoms with E-state index in [2.05, 4.69) is 4.90 Å². The fourth-order valence-corrected chi connectivity index (χ4v) is 8.64. The largest absolute Gasteiger partial charge is 0.451 e. The predicted octanol–water partition coefficient (Wildman–Crippen LogP) is 2.78. The number of esters is 1. The monoisotopic (exact) mass is 587 g/mol. The average molecular weight is 588 g/mol. The second kappa shape index (κ2) is 11.0. The first-order chi connectivity index (χ1) is 20.2. The Morgan fingerprint density at radius 1 is 0.857 bits per heavy atom. The highest BCUT2D eigenvalue weighted by Gasteiger charge is 2.74. The van der Waals surface area contributed by atoms with Crippen LogP contribution >= 0.6 is 0 Å². The SMILES string of the molecule is C[C@]1(C(=O)N2CCN(Cc3ccccc3)CC2)[C@H](C(=O)OC(c2ccccc2)c2ccccc2)N2C(=O)C[C@H]2S1(=O)=O.